The van der Waals surface area contributed by atoms with Crippen molar-refractivity contribution in [3.63, 3.8) is 0 Å². The van der Waals surface area contributed by atoms with Crippen molar-refractivity contribution in [2.75, 3.05) is 37.7 Å². The number of H-pyrrole nitrogens is 1. The molecule has 1 aromatic heterocycles. The summed E-state index contributed by atoms with van der Waals surface area (Å²) in [5.74, 6) is -0.697. The zero-order valence-corrected chi connectivity index (χ0v) is 16.7. The second-order valence-corrected chi connectivity index (χ2v) is 8.35. The Morgan fingerprint density at radius 2 is 1.93 bits per heavy atom. The van der Waals surface area contributed by atoms with Gasteiger partial charge in [-0.25, -0.2) is 13.2 Å². The Labute approximate surface area is 163 Å². The maximum absolute atomic E-state index is 13.0. The summed E-state index contributed by atoms with van der Waals surface area (Å²) in [6.45, 7) is 4.91. The van der Waals surface area contributed by atoms with Gasteiger partial charge in [-0.05, 0) is 26.0 Å². The van der Waals surface area contributed by atoms with Gasteiger partial charge in [0.05, 0.1) is 17.3 Å². The van der Waals surface area contributed by atoms with E-state index >= 15 is 0 Å². The highest BCUT2D eigenvalue weighted by atomic mass is 35.5. The normalized spacial score (nSPS) is 15.7. The third-order valence-corrected chi connectivity index (χ3v) is 6.56. The first kappa shape index (κ1) is 19.7. The van der Waals surface area contributed by atoms with Gasteiger partial charge in [0, 0.05) is 31.9 Å². The molecule has 0 amide bonds. The molecule has 0 spiro atoms. The minimum Gasteiger partial charge on any atom is -0.462 e. The average molecular weight is 413 g/mol. The number of carbonyl (C=O) groups excluding carboxylic acids is 1. The first-order valence-electron chi connectivity index (χ1n) is 8.58. The van der Waals surface area contributed by atoms with Gasteiger partial charge in [0.15, 0.2) is 0 Å². The molecule has 3 rings (SSSR count). The number of aryl methyl sites for hydroxylation is 1. The second kappa shape index (κ2) is 7.87. The van der Waals surface area contributed by atoms with Crippen LogP contribution >= 0.6 is 11.6 Å². The van der Waals surface area contributed by atoms with Crippen molar-refractivity contribution in [1.82, 2.24) is 14.5 Å². The number of aromatic nitrogens is 2. The summed E-state index contributed by atoms with van der Waals surface area (Å²) >= 11 is 6.23. The third-order valence-electron chi connectivity index (χ3n) is 4.41. The molecule has 10 heteroatoms. The molecule has 0 unspecified atom stereocenters. The number of benzene rings is 1. The number of nitrogens with zero attached hydrogens (tertiary/aromatic N) is 3. The summed E-state index contributed by atoms with van der Waals surface area (Å²) < 4.78 is 32.4. The highest BCUT2D eigenvalue weighted by Gasteiger charge is 2.35. The first-order valence-corrected chi connectivity index (χ1v) is 10.4. The number of ether oxygens (including phenoxy) is 1. The molecular formula is C17H21ClN4O4S. The van der Waals surface area contributed by atoms with Crippen molar-refractivity contribution < 1.29 is 17.9 Å². The predicted octanol–water partition coefficient (Wildman–Crippen LogP) is 2.06. The number of halogens is 1. The van der Waals surface area contributed by atoms with Crippen molar-refractivity contribution in [1.29, 1.82) is 0 Å². The van der Waals surface area contributed by atoms with Crippen molar-refractivity contribution >= 4 is 33.3 Å². The van der Waals surface area contributed by atoms with Crippen LogP contribution in [0.2, 0.25) is 5.02 Å². The summed E-state index contributed by atoms with van der Waals surface area (Å²) in [6.07, 6.45) is 0. The summed E-state index contributed by atoms with van der Waals surface area (Å²) in [4.78, 5) is 14.2. The summed E-state index contributed by atoms with van der Waals surface area (Å²) in [6, 6.07) is 7.45. The molecule has 0 aliphatic carbocycles. The van der Waals surface area contributed by atoms with Crippen LogP contribution in [0.3, 0.4) is 0 Å². The fourth-order valence-corrected chi connectivity index (χ4v) is 4.84. The lowest BCUT2D eigenvalue weighted by atomic mass is 10.2. The van der Waals surface area contributed by atoms with E-state index < -0.39 is 16.0 Å². The molecule has 1 saturated heterocycles. The average Bonchev–Trinajstić information content (AvgIpc) is 3.05. The number of nitrogens with one attached hydrogen (secondary N) is 1. The second-order valence-electron chi connectivity index (χ2n) is 6.09. The number of hydrogen-bond acceptors (Lipinski definition) is 6. The molecule has 0 saturated carbocycles. The van der Waals surface area contributed by atoms with Crippen LogP contribution in [0.4, 0.5) is 5.69 Å². The van der Waals surface area contributed by atoms with Crippen LogP contribution in [0.25, 0.3) is 0 Å². The van der Waals surface area contributed by atoms with Crippen molar-refractivity contribution in [3.05, 3.63) is 40.5 Å². The molecule has 0 radical (unpaired) electrons. The monoisotopic (exact) mass is 412 g/mol. The number of hydrogen-bond donors (Lipinski definition) is 1. The van der Waals surface area contributed by atoms with E-state index in [1.807, 2.05) is 23.1 Å². The van der Waals surface area contributed by atoms with E-state index in [0.717, 1.165) is 5.69 Å². The molecule has 1 N–H and O–H groups in total. The van der Waals surface area contributed by atoms with Gasteiger partial charge in [-0.1, -0.05) is 23.7 Å². The number of piperazine rings is 1. The molecule has 8 nitrogen and oxygen atoms in total. The molecule has 1 aliphatic rings. The molecule has 146 valence electrons. The molecule has 27 heavy (non-hydrogen) atoms. The van der Waals surface area contributed by atoms with Crippen molar-refractivity contribution in [2.45, 2.75) is 18.9 Å². The first-order chi connectivity index (χ1) is 12.9. The topological polar surface area (TPSA) is 95.6 Å². The summed E-state index contributed by atoms with van der Waals surface area (Å²) in [5, 5.41) is 6.79. The standard InChI is InChI=1S/C17H21ClN4O4S/c1-3-26-17(23)15-12(2)19-20-16(15)27(24,25)22-10-8-21(9-11-22)14-7-5-4-6-13(14)18/h4-7H,3,8-11H2,1-2H3,(H,19,20). The number of anilines is 1. The van der Waals surface area contributed by atoms with Gasteiger partial charge in [0.2, 0.25) is 5.03 Å². The van der Waals surface area contributed by atoms with Crippen LogP contribution in [-0.4, -0.2) is 61.7 Å². The van der Waals surface area contributed by atoms with Crippen LogP contribution in [0.15, 0.2) is 29.3 Å². The Morgan fingerprint density at radius 1 is 1.26 bits per heavy atom. The number of esters is 1. The number of aromatic amines is 1. The smallest absolute Gasteiger partial charge is 0.343 e. The minimum atomic E-state index is -3.92. The van der Waals surface area contributed by atoms with Gasteiger partial charge in [-0.2, -0.15) is 9.40 Å². The molecule has 1 fully saturated rings. The fourth-order valence-electron chi connectivity index (χ4n) is 3.04. The van der Waals surface area contributed by atoms with Crippen molar-refractivity contribution in [3.8, 4) is 0 Å². The zero-order valence-electron chi connectivity index (χ0n) is 15.1. The maximum Gasteiger partial charge on any atom is 0.343 e. The molecular weight excluding hydrogens is 392 g/mol. The lowest BCUT2D eigenvalue weighted by molar-refractivity contribution is 0.0520. The van der Waals surface area contributed by atoms with Gasteiger partial charge in [0.25, 0.3) is 10.0 Å². The highest BCUT2D eigenvalue weighted by Crippen LogP contribution is 2.28. The number of para-hydroxylation sites is 1. The van der Waals surface area contributed by atoms with Crippen LogP contribution in [0.1, 0.15) is 23.0 Å². The van der Waals surface area contributed by atoms with Gasteiger partial charge < -0.3 is 9.64 Å². The Kier molecular flexibility index (Phi) is 5.73. The van der Waals surface area contributed by atoms with Gasteiger partial charge >= 0.3 is 5.97 Å². The summed E-state index contributed by atoms with van der Waals surface area (Å²) in [5.41, 5.74) is 1.20. The number of rotatable bonds is 5. The van der Waals surface area contributed by atoms with E-state index in [-0.39, 0.29) is 30.3 Å². The van der Waals surface area contributed by atoms with E-state index in [4.69, 9.17) is 16.3 Å². The van der Waals surface area contributed by atoms with Gasteiger partial charge in [-0.15, -0.1) is 0 Å². The highest BCUT2D eigenvalue weighted by molar-refractivity contribution is 7.89. The molecule has 2 aromatic rings. The van der Waals surface area contributed by atoms with Gasteiger partial charge in [-0.3, -0.25) is 5.10 Å². The predicted molar refractivity (Wildman–Crippen MR) is 102 cm³/mol. The van der Waals surface area contributed by atoms with E-state index in [1.165, 1.54) is 4.31 Å². The molecule has 1 aromatic carbocycles. The number of sulfonamides is 1. The third kappa shape index (κ3) is 3.80. The Hall–Kier alpha value is -2.10. The van der Waals surface area contributed by atoms with E-state index in [9.17, 15) is 13.2 Å². The van der Waals surface area contributed by atoms with Crippen LogP contribution in [0.5, 0.6) is 0 Å². The SMILES string of the molecule is CCOC(=O)c1c(S(=O)(=O)N2CCN(c3ccccc3Cl)CC2)n[nH]c1C. The lowest BCUT2D eigenvalue weighted by Crippen LogP contribution is -2.49. The molecule has 1 aliphatic heterocycles. The number of carbonyl (C=O) groups is 1. The van der Waals surface area contributed by atoms with Crippen molar-refractivity contribution in [2.24, 2.45) is 0 Å². The van der Waals surface area contributed by atoms with E-state index in [0.29, 0.717) is 23.8 Å². The Bertz CT molecular complexity index is 936. The van der Waals surface area contributed by atoms with Crippen LogP contribution in [0, 0.1) is 6.92 Å². The molecule has 0 atom stereocenters. The Balaban J connectivity index is 1.80. The molecule has 2 heterocycles. The maximum atomic E-state index is 13.0. The van der Waals surface area contributed by atoms with Crippen LogP contribution in [-0.2, 0) is 14.8 Å². The van der Waals surface area contributed by atoms with Gasteiger partial charge in [0.1, 0.15) is 5.56 Å². The van der Waals surface area contributed by atoms with E-state index in [1.54, 1.807) is 19.9 Å². The summed E-state index contributed by atoms with van der Waals surface area (Å²) in [7, 11) is -3.92. The lowest BCUT2D eigenvalue weighted by Gasteiger charge is -2.35. The minimum absolute atomic E-state index is 0.0367. The largest absolute Gasteiger partial charge is 0.462 e. The quantitative estimate of drug-likeness (QED) is 0.755. The zero-order chi connectivity index (χ0) is 19.6. The Morgan fingerprint density at radius 3 is 2.56 bits per heavy atom. The molecule has 0 bridgehead atoms. The van der Waals surface area contributed by atoms with Crippen LogP contribution < -0.4 is 4.90 Å². The fraction of sp³-hybridized carbons (Fsp3) is 0.412. The van der Waals surface area contributed by atoms with E-state index in [2.05, 4.69) is 10.2 Å².